The molecule has 0 aromatic rings. The average Bonchev–Trinajstić information content (AvgIpc) is 2.85. The molecule has 1 unspecified atom stereocenters. The SMILES string of the molecule is CCCCCCCC1(CCl)CO1. The Morgan fingerprint density at radius 2 is 1.92 bits per heavy atom. The van der Waals surface area contributed by atoms with E-state index in [2.05, 4.69) is 6.92 Å². The Kier molecular flexibility index (Phi) is 4.38. The monoisotopic (exact) mass is 190 g/mol. The van der Waals surface area contributed by atoms with Gasteiger partial charge in [0, 0.05) is 0 Å². The molecule has 0 N–H and O–H groups in total. The first-order valence-electron chi connectivity index (χ1n) is 5.03. The first kappa shape index (κ1) is 10.3. The second-order valence-corrected chi connectivity index (χ2v) is 4.04. The van der Waals surface area contributed by atoms with Crippen LogP contribution in [0.5, 0.6) is 0 Å². The van der Waals surface area contributed by atoms with Crippen molar-refractivity contribution in [2.24, 2.45) is 0 Å². The molecule has 1 heterocycles. The van der Waals surface area contributed by atoms with Gasteiger partial charge >= 0.3 is 0 Å². The minimum atomic E-state index is 0.105. The fourth-order valence-electron chi connectivity index (χ4n) is 1.44. The van der Waals surface area contributed by atoms with E-state index in [4.69, 9.17) is 16.3 Å². The molecule has 1 nitrogen and oxygen atoms in total. The van der Waals surface area contributed by atoms with Gasteiger partial charge in [0.2, 0.25) is 0 Å². The molecule has 0 aromatic carbocycles. The Hall–Kier alpha value is 0.250. The van der Waals surface area contributed by atoms with E-state index >= 15 is 0 Å². The summed E-state index contributed by atoms with van der Waals surface area (Å²) in [6.07, 6.45) is 7.85. The second-order valence-electron chi connectivity index (χ2n) is 3.77. The number of hydrogen-bond donors (Lipinski definition) is 0. The molecule has 2 heteroatoms. The van der Waals surface area contributed by atoms with Gasteiger partial charge in [0.15, 0.2) is 0 Å². The van der Waals surface area contributed by atoms with Crippen LogP contribution in [0.15, 0.2) is 0 Å². The Morgan fingerprint density at radius 3 is 2.42 bits per heavy atom. The number of epoxide rings is 1. The van der Waals surface area contributed by atoms with Gasteiger partial charge in [-0.3, -0.25) is 0 Å². The van der Waals surface area contributed by atoms with Crippen molar-refractivity contribution >= 4 is 11.6 Å². The highest BCUT2D eigenvalue weighted by molar-refractivity contribution is 6.18. The fraction of sp³-hybridized carbons (Fsp3) is 1.00. The van der Waals surface area contributed by atoms with E-state index in [1.165, 1.54) is 38.5 Å². The van der Waals surface area contributed by atoms with Crippen molar-refractivity contribution in [2.75, 3.05) is 12.5 Å². The van der Waals surface area contributed by atoms with Crippen LogP contribution in [-0.4, -0.2) is 18.1 Å². The minimum absolute atomic E-state index is 0.105. The number of ether oxygens (including phenoxy) is 1. The van der Waals surface area contributed by atoms with Crippen LogP contribution < -0.4 is 0 Å². The number of unbranched alkanes of at least 4 members (excludes halogenated alkanes) is 4. The summed E-state index contributed by atoms with van der Waals surface area (Å²) in [5.41, 5.74) is 0.105. The van der Waals surface area contributed by atoms with Crippen LogP contribution in [0, 0.1) is 0 Å². The smallest absolute Gasteiger partial charge is 0.105 e. The molecule has 0 bridgehead atoms. The van der Waals surface area contributed by atoms with Crippen LogP contribution in [0.1, 0.15) is 45.4 Å². The van der Waals surface area contributed by atoms with E-state index in [1.54, 1.807) is 0 Å². The van der Waals surface area contributed by atoms with Crippen molar-refractivity contribution in [3.63, 3.8) is 0 Å². The molecule has 1 aliphatic heterocycles. The third kappa shape index (κ3) is 3.32. The maximum atomic E-state index is 5.77. The van der Waals surface area contributed by atoms with Crippen molar-refractivity contribution in [1.29, 1.82) is 0 Å². The first-order valence-corrected chi connectivity index (χ1v) is 5.56. The van der Waals surface area contributed by atoms with Gasteiger partial charge in [-0.2, -0.15) is 0 Å². The van der Waals surface area contributed by atoms with E-state index in [1.807, 2.05) is 0 Å². The summed E-state index contributed by atoms with van der Waals surface area (Å²) >= 11 is 5.77. The van der Waals surface area contributed by atoms with Gasteiger partial charge in [0.25, 0.3) is 0 Å². The summed E-state index contributed by atoms with van der Waals surface area (Å²) in [4.78, 5) is 0. The second kappa shape index (κ2) is 5.08. The van der Waals surface area contributed by atoms with Gasteiger partial charge in [-0.25, -0.2) is 0 Å². The summed E-state index contributed by atoms with van der Waals surface area (Å²) in [5.74, 6) is 0.681. The molecule has 12 heavy (non-hydrogen) atoms. The van der Waals surface area contributed by atoms with Crippen molar-refractivity contribution in [2.45, 2.75) is 51.0 Å². The lowest BCUT2D eigenvalue weighted by molar-refractivity contribution is 0.304. The molecule has 1 atom stereocenters. The summed E-state index contributed by atoms with van der Waals surface area (Å²) < 4.78 is 5.32. The predicted molar refractivity (Wildman–Crippen MR) is 52.8 cm³/mol. The van der Waals surface area contributed by atoms with Gasteiger partial charge in [-0.05, 0) is 6.42 Å². The van der Waals surface area contributed by atoms with Crippen molar-refractivity contribution in [1.82, 2.24) is 0 Å². The van der Waals surface area contributed by atoms with Crippen molar-refractivity contribution in [3.05, 3.63) is 0 Å². The van der Waals surface area contributed by atoms with Gasteiger partial charge in [-0.1, -0.05) is 39.0 Å². The van der Waals surface area contributed by atoms with Gasteiger partial charge in [0.05, 0.1) is 12.5 Å². The van der Waals surface area contributed by atoms with Gasteiger partial charge in [0.1, 0.15) is 5.60 Å². The van der Waals surface area contributed by atoms with E-state index in [9.17, 15) is 0 Å². The van der Waals surface area contributed by atoms with Crippen LogP contribution in [0.2, 0.25) is 0 Å². The molecule has 1 aliphatic rings. The number of halogens is 1. The standard InChI is InChI=1S/C10H19ClO/c1-2-3-4-5-6-7-10(8-11)9-12-10/h2-9H2,1H3. The van der Waals surface area contributed by atoms with Crippen molar-refractivity contribution < 1.29 is 4.74 Å². The molecule has 0 spiro atoms. The lowest BCUT2D eigenvalue weighted by atomic mass is 10.0. The Morgan fingerprint density at radius 1 is 1.25 bits per heavy atom. The Balaban J connectivity index is 1.89. The fourth-order valence-corrected chi connectivity index (χ4v) is 1.73. The molecular weight excluding hydrogens is 172 g/mol. The highest BCUT2D eigenvalue weighted by atomic mass is 35.5. The normalized spacial score (nSPS) is 27.5. The van der Waals surface area contributed by atoms with E-state index < -0.39 is 0 Å². The van der Waals surface area contributed by atoms with E-state index in [-0.39, 0.29) is 5.60 Å². The van der Waals surface area contributed by atoms with Crippen LogP contribution >= 0.6 is 11.6 Å². The van der Waals surface area contributed by atoms with Crippen molar-refractivity contribution in [3.8, 4) is 0 Å². The molecular formula is C10H19ClO. The molecule has 0 aliphatic carbocycles. The van der Waals surface area contributed by atoms with Gasteiger partial charge in [-0.15, -0.1) is 11.6 Å². The third-order valence-electron chi connectivity index (χ3n) is 2.53. The highest BCUT2D eigenvalue weighted by Crippen LogP contribution is 2.34. The maximum Gasteiger partial charge on any atom is 0.105 e. The molecule has 72 valence electrons. The van der Waals surface area contributed by atoms with Crippen LogP contribution in [0.3, 0.4) is 0 Å². The lowest BCUT2D eigenvalue weighted by Gasteiger charge is -2.06. The minimum Gasteiger partial charge on any atom is -0.368 e. The zero-order valence-electron chi connectivity index (χ0n) is 7.94. The first-order chi connectivity index (χ1) is 5.83. The number of hydrogen-bond acceptors (Lipinski definition) is 1. The lowest BCUT2D eigenvalue weighted by Crippen LogP contribution is -2.12. The molecule has 1 fully saturated rings. The molecule has 1 rings (SSSR count). The average molecular weight is 191 g/mol. The maximum absolute atomic E-state index is 5.77. The van der Waals surface area contributed by atoms with Crippen LogP contribution in [-0.2, 0) is 4.74 Å². The summed E-state index contributed by atoms with van der Waals surface area (Å²) in [7, 11) is 0. The Bertz CT molecular complexity index is 121. The van der Waals surface area contributed by atoms with Crippen LogP contribution in [0.4, 0.5) is 0 Å². The summed E-state index contributed by atoms with van der Waals surface area (Å²) in [6, 6.07) is 0. The molecule has 0 aromatic heterocycles. The van der Waals surface area contributed by atoms with E-state index in [0.29, 0.717) is 5.88 Å². The summed E-state index contributed by atoms with van der Waals surface area (Å²) in [5, 5.41) is 0. The van der Waals surface area contributed by atoms with Crippen LogP contribution in [0.25, 0.3) is 0 Å². The quantitative estimate of drug-likeness (QED) is 0.341. The zero-order chi connectivity index (χ0) is 8.86. The topological polar surface area (TPSA) is 12.5 Å². The molecule has 0 radical (unpaired) electrons. The zero-order valence-corrected chi connectivity index (χ0v) is 8.70. The summed E-state index contributed by atoms with van der Waals surface area (Å²) in [6.45, 7) is 3.13. The highest BCUT2D eigenvalue weighted by Gasteiger charge is 2.42. The molecule has 0 saturated carbocycles. The van der Waals surface area contributed by atoms with Gasteiger partial charge < -0.3 is 4.74 Å². The molecule has 0 amide bonds. The number of rotatable bonds is 7. The predicted octanol–water partition coefficient (Wildman–Crippen LogP) is 3.35. The Labute approximate surface area is 80.4 Å². The van der Waals surface area contributed by atoms with E-state index in [0.717, 1.165) is 6.61 Å². The number of alkyl halides is 1. The molecule has 1 saturated heterocycles. The third-order valence-corrected chi connectivity index (χ3v) is 3.02. The largest absolute Gasteiger partial charge is 0.368 e.